The van der Waals surface area contributed by atoms with Gasteiger partial charge in [-0.2, -0.15) is 0 Å². The Labute approximate surface area is 348 Å². The third-order valence-corrected chi connectivity index (χ3v) is 14.7. The highest BCUT2D eigenvalue weighted by molar-refractivity contribution is 7.99. The van der Waals surface area contributed by atoms with Crippen LogP contribution in [0.3, 0.4) is 0 Å². The molecule has 5 heteroatoms. The molecule has 13 rings (SSSR count). The normalized spacial score (nSPS) is 13.5. The van der Waals surface area contributed by atoms with Gasteiger partial charge in [0, 0.05) is 52.7 Å². The minimum Gasteiger partial charge on any atom is -0.247 e. The fourth-order valence-corrected chi connectivity index (χ4v) is 12.4. The Bertz CT molecular complexity index is 3490. The monoisotopic (exact) mass is 785 g/mol. The van der Waals surface area contributed by atoms with Gasteiger partial charge in [-0.05, 0) is 51.6 Å². The van der Waals surface area contributed by atoms with E-state index in [1.54, 1.807) is 11.3 Å². The number of fused-ring (bicyclic) bond motifs is 16. The van der Waals surface area contributed by atoms with E-state index in [1.165, 1.54) is 58.6 Å². The fraction of sp³-hybridized carbons (Fsp3) is 0.0185. The minimum atomic E-state index is -0.446. The summed E-state index contributed by atoms with van der Waals surface area (Å²) in [6.07, 6.45) is 0. The van der Waals surface area contributed by atoms with Crippen LogP contribution < -0.4 is 0 Å². The molecule has 8 aromatic carbocycles. The standard InChI is InChI=1S/C54H31N3S2/c1-2-14-34(15-3-1)53-56-49(52-50(57-53)38-19-7-12-24-45(38)58-52)33-28-26-32(27-29-33)48-39-30-31-43-51(47(39)37-18-6-11-23-44(37)55-48)59-46-25-13-10-22-42(46)54(43)40-20-8-4-16-35(40)36-17-5-9-21-41(36)54/h1-31H. The summed E-state index contributed by atoms with van der Waals surface area (Å²) in [6, 6.07) is 68.2. The summed E-state index contributed by atoms with van der Waals surface area (Å²) in [4.78, 5) is 18.4. The van der Waals surface area contributed by atoms with Crippen molar-refractivity contribution in [2.24, 2.45) is 0 Å². The SMILES string of the molecule is c1ccc(-c2nc(-c3ccc(-c4nc5ccccc5c5c6c(ccc45)C4(c5ccccc5S6)c5ccccc5-c5ccccc54)cc3)c3sc4ccccc4c3n2)cc1. The summed E-state index contributed by atoms with van der Waals surface area (Å²) >= 11 is 3.66. The molecule has 4 heterocycles. The van der Waals surface area contributed by atoms with Crippen LogP contribution in [0.15, 0.2) is 198 Å². The first-order valence-corrected chi connectivity index (χ1v) is 21.6. The van der Waals surface area contributed by atoms with Crippen molar-refractivity contribution in [3.63, 3.8) is 0 Å². The minimum absolute atomic E-state index is 0.446. The molecule has 0 atom stereocenters. The van der Waals surface area contributed by atoms with E-state index in [9.17, 15) is 0 Å². The van der Waals surface area contributed by atoms with Crippen molar-refractivity contribution in [3.05, 3.63) is 210 Å². The number of benzene rings is 8. The zero-order valence-electron chi connectivity index (χ0n) is 31.6. The van der Waals surface area contributed by atoms with E-state index in [-0.39, 0.29) is 0 Å². The van der Waals surface area contributed by atoms with Crippen LogP contribution in [0, 0.1) is 0 Å². The Morgan fingerprint density at radius 3 is 1.81 bits per heavy atom. The predicted molar refractivity (Wildman–Crippen MR) is 245 cm³/mol. The van der Waals surface area contributed by atoms with Crippen LogP contribution in [0.4, 0.5) is 0 Å². The second kappa shape index (κ2) is 12.5. The topological polar surface area (TPSA) is 38.7 Å². The van der Waals surface area contributed by atoms with Gasteiger partial charge in [-0.25, -0.2) is 15.0 Å². The van der Waals surface area contributed by atoms with Crippen molar-refractivity contribution in [1.29, 1.82) is 0 Å². The first kappa shape index (κ1) is 33.1. The van der Waals surface area contributed by atoms with Crippen LogP contribution in [0.25, 0.3) is 87.0 Å². The summed E-state index contributed by atoms with van der Waals surface area (Å²) in [5.74, 6) is 0.733. The lowest BCUT2D eigenvalue weighted by Gasteiger charge is -2.40. The van der Waals surface area contributed by atoms with Gasteiger partial charge in [0.05, 0.1) is 32.5 Å². The molecular weight excluding hydrogens is 755 g/mol. The molecule has 11 aromatic rings. The molecule has 2 aliphatic rings. The van der Waals surface area contributed by atoms with Crippen molar-refractivity contribution < 1.29 is 0 Å². The van der Waals surface area contributed by atoms with Crippen LogP contribution in [-0.2, 0) is 5.41 Å². The molecule has 1 aliphatic heterocycles. The van der Waals surface area contributed by atoms with Gasteiger partial charge in [0.15, 0.2) is 5.82 Å². The highest BCUT2D eigenvalue weighted by Crippen LogP contribution is 2.63. The van der Waals surface area contributed by atoms with Crippen molar-refractivity contribution in [2.75, 3.05) is 0 Å². The average molecular weight is 786 g/mol. The summed E-state index contributed by atoms with van der Waals surface area (Å²) in [7, 11) is 0. The van der Waals surface area contributed by atoms with E-state index in [4.69, 9.17) is 15.0 Å². The summed E-state index contributed by atoms with van der Waals surface area (Å²) < 4.78 is 2.31. The number of nitrogens with zero attached hydrogens (tertiary/aromatic N) is 3. The van der Waals surface area contributed by atoms with Crippen LogP contribution in [0.1, 0.15) is 22.3 Å². The van der Waals surface area contributed by atoms with E-state index >= 15 is 0 Å². The van der Waals surface area contributed by atoms with Crippen LogP contribution >= 0.6 is 23.1 Å². The Morgan fingerprint density at radius 1 is 0.407 bits per heavy atom. The van der Waals surface area contributed by atoms with E-state index < -0.39 is 5.41 Å². The molecule has 0 saturated heterocycles. The van der Waals surface area contributed by atoms with Gasteiger partial charge in [-0.3, -0.25) is 0 Å². The van der Waals surface area contributed by atoms with E-state index in [2.05, 4.69) is 170 Å². The van der Waals surface area contributed by atoms with Gasteiger partial charge in [0.1, 0.15) is 0 Å². The molecule has 0 amide bonds. The largest absolute Gasteiger partial charge is 0.247 e. The number of thiophene rings is 1. The third-order valence-electron chi connectivity index (χ3n) is 12.4. The van der Waals surface area contributed by atoms with Crippen LogP contribution in [0.2, 0.25) is 0 Å². The first-order chi connectivity index (χ1) is 29.3. The second-order valence-electron chi connectivity index (χ2n) is 15.4. The highest BCUT2D eigenvalue weighted by Gasteiger charge is 2.50. The molecule has 59 heavy (non-hydrogen) atoms. The van der Waals surface area contributed by atoms with Gasteiger partial charge in [-0.15, -0.1) is 11.3 Å². The van der Waals surface area contributed by atoms with Gasteiger partial charge in [0.2, 0.25) is 0 Å². The lowest BCUT2D eigenvalue weighted by Crippen LogP contribution is -2.32. The number of para-hydroxylation sites is 1. The summed E-state index contributed by atoms with van der Waals surface area (Å²) in [5, 5.41) is 4.73. The lowest BCUT2D eigenvalue weighted by molar-refractivity contribution is 0.726. The maximum Gasteiger partial charge on any atom is 0.160 e. The second-order valence-corrected chi connectivity index (χ2v) is 17.5. The molecular formula is C54H31N3S2. The van der Waals surface area contributed by atoms with E-state index in [0.717, 1.165) is 60.4 Å². The lowest BCUT2D eigenvalue weighted by atomic mass is 9.67. The molecule has 1 aliphatic carbocycles. The number of aromatic nitrogens is 3. The zero-order valence-corrected chi connectivity index (χ0v) is 33.2. The van der Waals surface area contributed by atoms with Gasteiger partial charge >= 0.3 is 0 Å². The quantitative estimate of drug-likeness (QED) is 0.167. The molecule has 0 bridgehead atoms. The maximum absolute atomic E-state index is 5.43. The highest BCUT2D eigenvalue weighted by atomic mass is 32.2. The molecule has 0 fully saturated rings. The third kappa shape index (κ3) is 4.63. The van der Waals surface area contributed by atoms with E-state index in [1.807, 2.05) is 30.0 Å². The van der Waals surface area contributed by atoms with Gasteiger partial charge in [-0.1, -0.05) is 182 Å². The van der Waals surface area contributed by atoms with Gasteiger partial charge < -0.3 is 0 Å². The molecule has 3 aromatic heterocycles. The molecule has 0 N–H and O–H groups in total. The molecule has 0 unspecified atom stereocenters. The first-order valence-electron chi connectivity index (χ1n) is 19.9. The van der Waals surface area contributed by atoms with Crippen LogP contribution in [-0.4, -0.2) is 15.0 Å². The van der Waals surface area contributed by atoms with Crippen molar-refractivity contribution in [3.8, 4) is 45.0 Å². The van der Waals surface area contributed by atoms with Crippen molar-refractivity contribution in [2.45, 2.75) is 15.2 Å². The summed E-state index contributed by atoms with van der Waals surface area (Å²) in [5.41, 5.74) is 14.6. The molecule has 0 saturated carbocycles. The fourth-order valence-electron chi connectivity index (χ4n) is 9.86. The predicted octanol–water partition coefficient (Wildman–Crippen LogP) is 14.4. The summed E-state index contributed by atoms with van der Waals surface area (Å²) in [6.45, 7) is 0. The number of hydrogen-bond donors (Lipinski definition) is 0. The van der Waals surface area contributed by atoms with E-state index in [0.29, 0.717) is 0 Å². The van der Waals surface area contributed by atoms with Crippen molar-refractivity contribution >= 4 is 65.1 Å². The molecule has 3 nitrogen and oxygen atoms in total. The Hall–Kier alpha value is -6.92. The Morgan fingerprint density at radius 2 is 1.03 bits per heavy atom. The average Bonchev–Trinajstić information content (AvgIpc) is 3.83. The van der Waals surface area contributed by atoms with Crippen LogP contribution in [0.5, 0.6) is 0 Å². The maximum atomic E-state index is 5.43. The zero-order chi connectivity index (χ0) is 38.7. The molecule has 274 valence electrons. The molecule has 0 radical (unpaired) electrons. The number of hydrogen-bond acceptors (Lipinski definition) is 5. The Kier molecular flexibility index (Phi) is 7.03. The number of pyridine rings is 1. The van der Waals surface area contributed by atoms with Gasteiger partial charge in [0.25, 0.3) is 0 Å². The number of rotatable bonds is 3. The van der Waals surface area contributed by atoms with Crippen molar-refractivity contribution in [1.82, 2.24) is 15.0 Å². The Balaban J connectivity index is 1.04. The molecule has 1 spiro atoms. The smallest absolute Gasteiger partial charge is 0.160 e.